The number of fused-ring (bicyclic) bond motifs is 11. The zero-order valence-corrected chi connectivity index (χ0v) is 24.2. The van der Waals surface area contributed by atoms with Crippen molar-refractivity contribution >= 4 is 59.3 Å². The van der Waals surface area contributed by atoms with E-state index in [1.165, 1.54) is 65.9 Å². The van der Waals surface area contributed by atoms with Crippen molar-refractivity contribution in [2.24, 2.45) is 5.41 Å². The second kappa shape index (κ2) is 7.53. The summed E-state index contributed by atoms with van der Waals surface area (Å²) in [6, 6.07) is 34.6. The second-order valence-corrected chi connectivity index (χ2v) is 13.7. The molecule has 0 aliphatic carbocycles. The zero-order chi connectivity index (χ0) is 27.8. The van der Waals surface area contributed by atoms with E-state index in [0.717, 1.165) is 5.69 Å². The Morgan fingerprint density at radius 2 is 1.24 bits per heavy atom. The first-order valence-corrected chi connectivity index (χ1v) is 14.8. The van der Waals surface area contributed by atoms with E-state index >= 15 is 0 Å². The van der Waals surface area contributed by atoms with Gasteiger partial charge in [-0.25, -0.2) is 0 Å². The van der Waals surface area contributed by atoms with Gasteiger partial charge in [-0.3, -0.25) is 4.98 Å². The Bertz CT molecular complexity index is 2230. The number of benzene rings is 4. The number of aromatic nitrogens is 3. The van der Waals surface area contributed by atoms with Crippen LogP contribution in [0.25, 0.3) is 54.9 Å². The average Bonchev–Trinajstić information content (AvgIpc) is 3.69. The van der Waals surface area contributed by atoms with Gasteiger partial charge in [0.25, 0.3) is 0 Å². The van der Waals surface area contributed by atoms with Crippen molar-refractivity contribution in [1.29, 1.82) is 0 Å². The van der Waals surface area contributed by atoms with Gasteiger partial charge in [0.15, 0.2) is 0 Å². The lowest BCUT2D eigenvalue weighted by Gasteiger charge is -2.39. The van der Waals surface area contributed by atoms with Crippen LogP contribution >= 0.6 is 0 Å². The summed E-state index contributed by atoms with van der Waals surface area (Å²) in [5.74, 6) is 0. The van der Waals surface area contributed by atoms with Crippen LogP contribution in [-0.4, -0.2) is 29.8 Å². The predicted molar refractivity (Wildman–Crippen MR) is 177 cm³/mol. The van der Waals surface area contributed by atoms with Gasteiger partial charge in [-0.15, -0.1) is 0 Å². The summed E-state index contributed by atoms with van der Waals surface area (Å²) >= 11 is 0. The third-order valence-electron chi connectivity index (χ3n) is 10.7. The van der Waals surface area contributed by atoms with Crippen LogP contribution in [0.1, 0.15) is 49.5 Å². The number of rotatable bonds is 2. The predicted octanol–water partition coefficient (Wildman–Crippen LogP) is 6.94. The van der Waals surface area contributed by atoms with E-state index in [-0.39, 0.29) is 22.7 Å². The van der Waals surface area contributed by atoms with Gasteiger partial charge in [-0.1, -0.05) is 86.6 Å². The Morgan fingerprint density at radius 3 is 1.90 bits per heavy atom. The molecule has 0 amide bonds. The van der Waals surface area contributed by atoms with Crippen LogP contribution in [-0.2, 0) is 5.21 Å². The van der Waals surface area contributed by atoms with Crippen molar-refractivity contribution in [2.45, 2.75) is 38.1 Å². The van der Waals surface area contributed by atoms with Crippen molar-refractivity contribution in [1.82, 2.24) is 14.1 Å². The van der Waals surface area contributed by atoms with E-state index in [4.69, 9.17) is 4.98 Å². The Labute approximate surface area is 241 Å². The topological polar surface area (TPSA) is 22.8 Å². The fraction of sp³-hybridized carbons (Fsp3) is 0.194. The molecule has 0 spiro atoms. The van der Waals surface area contributed by atoms with Gasteiger partial charge in [-0.05, 0) is 41.3 Å². The van der Waals surface area contributed by atoms with Crippen molar-refractivity contribution in [3.63, 3.8) is 0 Å². The van der Waals surface area contributed by atoms with E-state index in [1.54, 1.807) is 0 Å². The fourth-order valence-corrected chi connectivity index (χ4v) is 7.70. The van der Waals surface area contributed by atoms with Gasteiger partial charge < -0.3 is 9.13 Å². The molecule has 2 unspecified atom stereocenters. The normalized spacial score (nSPS) is 17.8. The third kappa shape index (κ3) is 2.79. The molecular formula is C36H31B2N3. The van der Waals surface area contributed by atoms with E-state index in [2.05, 4.69) is 143 Å². The lowest BCUT2D eigenvalue weighted by atomic mass is 9.41. The Morgan fingerprint density at radius 1 is 0.634 bits per heavy atom. The maximum Gasteiger partial charge on any atom is 0.105 e. The molecule has 41 heavy (non-hydrogen) atoms. The average molecular weight is 527 g/mol. The molecule has 9 rings (SSSR count). The quantitative estimate of drug-likeness (QED) is 0.224. The first-order valence-electron chi connectivity index (χ1n) is 14.8. The monoisotopic (exact) mass is 527 g/mol. The molecule has 2 aliphatic heterocycles. The van der Waals surface area contributed by atoms with Gasteiger partial charge in [0.2, 0.25) is 0 Å². The van der Waals surface area contributed by atoms with Crippen molar-refractivity contribution in [3.05, 3.63) is 114 Å². The molecule has 5 heterocycles. The molecular weight excluding hydrogens is 496 g/mol. The Kier molecular flexibility index (Phi) is 4.31. The molecule has 0 bridgehead atoms. The highest BCUT2D eigenvalue weighted by Crippen LogP contribution is 2.58. The van der Waals surface area contributed by atoms with Crippen LogP contribution in [0.5, 0.6) is 0 Å². The summed E-state index contributed by atoms with van der Waals surface area (Å²) in [6.07, 6.45) is 2.10. The van der Waals surface area contributed by atoms with Crippen LogP contribution in [0.3, 0.4) is 0 Å². The molecule has 0 fully saturated rings. The number of para-hydroxylation sites is 3. The van der Waals surface area contributed by atoms with Crippen LogP contribution < -0.4 is 0 Å². The van der Waals surface area contributed by atoms with Crippen LogP contribution in [0, 0.1) is 5.41 Å². The summed E-state index contributed by atoms with van der Waals surface area (Å²) in [5.41, 5.74) is 11.9. The van der Waals surface area contributed by atoms with Gasteiger partial charge in [-0.2, -0.15) is 0 Å². The first-order chi connectivity index (χ1) is 19.8. The molecule has 0 radical (unpaired) electrons. The fourth-order valence-electron chi connectivity index (χ4n) is 7.70. The van der Waals surface area contributed by atoms with E-state index < -0.39 is 0 Å². The lowest BCUT2D eigenvalue weighted by molar-refractivity contribution is 0.358. The molecule has 2 atom stereocenters. The van der Waals surface area contributed by atoms with Crippen molar-refractivity contribution in [2.75, 3.05) is 0 Å². The Hall–Kier alpha value is -4.24. The molecule has 0 saturated heterocycles. The highest BCUT2D eigenvalue weighted by Gasteiger charge is 2.45. The number of pyridine rings is 1. The molecule has 3 nitrogen and oxygen atoms in total. The molecule has 2 aliphatic rings. The van der Waals surface area contributed by atoms with Gasteiger partial charge >= 0.3 is 0 Å². The van der Waals surface area contributed by atoms with Crippen LogP contribution in [0.4, 0.5) is 0 Å². The number of hydrogen-bond donors (Lipinski definition) is 0. The summed E-state index contributed by atoms with van der Waals surface area (Å²) in [6.45, 7) is 6.93. The Balaban J connectivity index is 1.32. The molecule has 0 saturated carbocycles. The van der Waals surface area contributed by atoms with Crippen LogP contribution in [0.2, 0.25) is 0 Å². The summed E-state index contributed by atoms with van der Waals surface area (Å²) in [7, 11) is 4.65. The highest BCUT2D eigenvalue weighted by molar-refractivity contribution is 6.40. The van der Waals surface area contributed by atoms with Gasteiger partial charge in [0.1, 0.15) is 15.7 Å². The molecule has 7 aromatic rings. The first kappa shape index (κ1) is 23.5. The maximum atomic E-state index is 5.08. The van der Waals surface area contributed by atoms with Crippen LogP contribution in [0.15, 0.2) is 97.2 Å². The molecule has 196 valence electrons. The smallest absolute Gasteiger partial charge is 0.105 e. The van der Waals surface area contributed by atoms with E-state index in [0.29, 0.717) is 0 Å². The third-order valence-corrected chi connectivity index (χ3v) is 10.7. The van der Waals surface area contributed by atoms with Gasteiger partial charge in [0, 0.05) is 55.5 Å². The highest BCUT2D eigenvalue weighted by atomic mass is 15.2. The number of nitrogens with zero attached hydrogens (tertiary/aromatic N) is 3. The summed E-state index contributed by atoms with van der Waals surface area (Å²) in [4.78, 5) is 5.08. The van der Waals surface area contributed by atoms with Gasteiger partial charge in [0.05, 0.1) is 28.8 Å². The van der Waals surface area contributed by atoms with Crippen molar-refractivity contribution in [3.8, 4) is 11.3 Å². The standard InChI is InChI=1S/C36H31B2N3/c1-35(2,3)36(37,38)21-15-16-28(39-19-21)20-17-26-23-10-5-7-14-30(23)41-32(26)27(18-20)34-33(41)25-12-8-11-24-22-9-4-6-13-29(22)40(34)31(24)25/h4-19,33-34H,37-38H2,1-3H3. The minimum atomic E-state index is 0.0215. The zero-order valence-electron chi connectivity index (χ0n) is 24.2. The second-order valence-electron chi connectivity index (χ2n) is 13.7. The SMILES string of the molecule is BC(B)(c1ccc(-c2cc3c4c(c2)c2ccccc2n4C2c4cccc5c6ccccc6n(c45)C32)nc1)C(C)(C)C. The summed E-state index contributed by atoms with van der Waals surface area (Å²) < 4.78 is 5.26. The lowest BCUT2D eigenvalue weighted by Crippen LogP contribution is -2.41. The minimum absolute atomic E-state index is 0.0215. The molecule has 3 aromatic heterocycles. The summed E-state index contributed by atoms with van der Waals surface area (Å²) in [5, 5.41) is 5.37. The van der Waals surface area contributed by atoms with Crippen molar-refractivity contribution < 1.29 is 0 Å². The van der Waals surface area contributed by atoms with E-state index in [1.807, 2.05) is 0 Å². The molecule has 0 N–H and O–H groups in total. The number of hydrogen-bond acceptors (Lipinski definition) is 1. The minimum Gasteiger partial charge on any atom is -0.330 e. The largest absolute Gasteiger partial charge is 0.330 e. The molecule has 4 aromatic carbocycles. The maximum absolute atomic E-state index is 5.08. The molecule has 5 heteroatoms. The van der Waals surface area contributed by atoms with E-state index in [9.17, 15) is 0 Å².